The van der Waals surface area contributed by atoms with Gasteiger partial charge in [-0.2, -0.15) is 0 Å². The zero-order valence-corrected chi connectivity index (χ0v) is 13.2. The van der Waals surface area contributed by atoms with Crippen molar-refractivity contribution in [2.45, 2.75) is 13.0 Å². The predicted octanol–water partition coefficient (Wildman–Crippen LogP) is 1.46. The standard InChI is InChI=1S/C16H26N2O3/c1-4-21-16(19)15(14-8-6-5-7-9-14)17-10-11-18(2)12-13-20-3/h5-9,15,17H,4,10-13H2,1-3H3. The quantitative estimate of drug-likeness (QED) is 0.662. The van der Waals surface area contributed by atoms with Gasteiger partial charge >= 0.3 is 5.97 Å². The summed E-state index contributed by atoms with van der Waals surface area (Å²) >= 11 is 0. The smallest absolute Gasteiger partial charge is 0.327 e. The average Bonchev–Trinajstić information content (AvgIpc) is 2.50. The molecule has 1 aromatic rings. The van der Waals surface area contributed by atoms with Gasteiger partial charge in [0.05, 0.1) is 13.2 Å². The lowest BCUT2D eigenvalue weighted by molar-refractivity contribution is -0.145. The van der Waals surface area contributed by atoms with Crippen LogP contribution < -0.4 is 5.32 Å². The van der Waals surface area contributed by atoms with Gasteiger partial charge in [-0.3, -0.25) is 5.32 Å². The molecule has 0 bridgehead atoms. The molecule has 21 heavy (non-hydrogen) atoms. The summed E-state index contributed by atoms with van der Waals surface area (Å²) in [5.41, 5.74) is 0.926. The first-order valence-electron chi connectivity index (χ1n) is 7.31. The number of hydrogen-bond donors (Lipinski definition) is 1. The molecule has 1 N–H and O–H groups in total. The van der Waals surface area contributed by atoms with Crippen molar-refractivity contribution in [1.29, 1.82) is 0 Å². The minimum atomic E-state index is -0.415. The number of methoxy groups -OCH3 is 1. The highest BCUT2D eigenvalue weighted by Gasteiger charge is 2.20. The largest absolute Gasteiger partial charge is 0.465 e. The molecule has 0 saturated carbocycles. The molecule has 0 aliphatic carbocycles. The van der Waals surface area contributed by atoms with Crippen LogP contribution in [-0.2, 0) is 14.3 Å². The Balaban J connectivity index is 2.52. The normalized spacial score (nSPS) is 12.4. The molecular formula is C16H26N2O3. The van der Waals surface area contributed by atoms with Crippen LogP contribution in [0, 0.1) is 0 Å². The number of nitrogens with zero attached hydrogens (tertiary/aromatic N) is 1. The number of carbonyl (C=O) groups is 1. The van der Waals surface area contributed by atoms with Gasteiger partial charge in [0.1, 0.15) is 6.04 Å². The van der Waals surface area contributed by atoms with E-state index in [4.69, 9.17) is 9.47 Å². The van der Waals surface area contributed by atoms with Gasteiger partial charge in [0, 0.05) is 26.7 Å². The van der Waals surface area contributed by atoms with Crippen molar-refractivity contribution in [1.82, 2.24) is 10.2 Å². The van der Waals surface area contributed by atoms with E-state index in [1.807, 2.05) is 44.3 Å². The summed E-state index contributed by atoms with van der Waals surface area (Å²) in [4.78, 5) is 14.2. The Morgan fingerprint density at radius 1 is 1.29 bits per heavy atom. The van der Waals surface area contributed by atoms with Gasteiger partial charge in [-0.1, -0.05) is 30.3 Å². The van der Waals surface area contributed by atoms with Gasteiger partial charge in [-0.25, -0.2) is 4.79 Å². The third-order valence-corrected chi connectivity index (χ3v) is 3.17. The third-order valence-electron chi connectivity index (χ3n) is 3.17. The van der Waals surface area contributed by atoms with Crippen LogP contribution in [-0.4, -0.2) is 57.9 Å². The topological polar surface area (TPSA) is 50.8 Å². The molecule has 0 amide bonds. The minimum absolute atomic E-state index is 0.233. The van der Waals surface area contributed by atoms with Gasteiger partial charge in [0.2, 0.25) is 0 Å². The van der Waals surface area contributed by atoms with Crippen LogP contribution in [0.5, 0.6) is 0 Å². The van der Waals surface area contributed by atoms with Crippen molar-refractivity contribution in [2.24, 2.45) is 0 Å². The minimum Gasteiger partial charge on any atom is -0.465 e. The van der Waals surface area contributed by atoms with Crippen LogP contribution in [0.25, 0.3) is 0 Å². The van der Waals surface area contributed by atoms with E-state index in [0.29, 0.717) is 19.8 Å². The lowest BCUT2D eigenvalue weighted by Crippen LogP contribution is -2.36. The van der Waals surface area contributed by atoms with Crippen LogP contribution in [0.15, 0.2) is 30.3 Å². The van der Waals surface area contributed by atoms with Crippen molar-refractivity contribution in [3.05, 3.63) is 35.9 Å². The highest BCUT2D eigenvalue weighted by molar-refractivity contribution is 5.77. The summed E-state index contributed by atoms with van der Waals surface area (Å²) in [6.45, 7) is 5.32. The van der Waals surface area contributed by atoms with Gasteiger partial charge in [-0.05, 0) is 19.5 Å². The van der Waals surface area contributed by atoms with E-state index in [0.717, 1.165) is 18.7 Å². The molecule has 1 atom stereocenters. The molecule has 5 heteroatoms. The summed E-state index contributed by atoms with van der Waals surface area (Å²) in [7, 11) is 3.72. The molecule has 1 aromatic carbocycles. The Hall–Kier alpha value is -1.43. The number of likely N-dealkylation sites (N-methyl/N-ethyl adjacent to an activating group) is 1. The lowest BCUT2D eigenvalue weighted by Gasteiger charge is -2.20. The van der Waals surface area contributed by atoms with Crippen LogP contribution in [0.4, 0.5) is 0 Å². The first-order valence-corrected chi connectivity index (χ1v) is 7.31. The number of esters is 1. The van der Waals surface area contributed by atoms with E-state index in [2.05, 4.69) is 10.2 Å². The molecule has 0 spiro atoms. The van der Waals surface area contributed by atoms with Gasteiger partial charge in [0.25, 0.3) is 0 Å². The number of nitrogens with one attached hydrogen (secondary N) is 1. The number of rotatable bonds is 10. The van der Waals surface area contributed by atoms with Crippen molar-refractivity contribution >= 4 is 5.97 Å². The first-order chi connectivity index (χ1) is 10.2. The van der Waals surface area contributed by atoms with Crippen LogP contribution in [0.2, 0.25) is 0 Å². The fourth-order valence-corrected chi connectivity index (χ4v) is 1.97. The Kier molecular flexibility index (Phi) is 8.66. The second-order valence-corrected chi connectivity index (χ2v) is 4.85. The zero-order valence-electron chi connectivity index (χ0n) is 13.2. The van der Waals surface area contributed by atoms with Gasteiger partial charge < -0.3 is 14.4 Å². The van der Waals surface area contributed by atoms with E-state index >= 15 is 0 Å². The van der Waals surface area contributed by atoms with Crippen molar-refractivity contribution in [3.8, 4) is 0 Å². The maximum atomic E-state index is 12.1. The van der Waals surface area contributed by atoms with E-state index in [1.165, 1.54) is 0 Å². The molecule has 0 aliphatic heterocycles. The molecule has 0 aromatic heterocycles. The molecular weight excluding hydrogens is 268 g/mol. The molecule has 0 radical (unpaired) electrons. The number of benzene rings is 1. The predicted molar refractivity (Wildman–Crippen MR) is 83.2 cm³/mol. The Bertz CT molecular complexity index is 398. The van der Waals surface area contributed by atoms with Crippen molar-refractivity contribution < 1.29 is 14.3 Å². The summed E-state index contributed by atoms with van der Waals surface area (Å²) < 4.78 is 10.2. The fourth-order valence-electron chi connectivity index (χ4n) is 1.97. The van der Waals surface area contributed by atoms with Crippen LogP contribution in [0.1, 0.15) is 18.5 Å². The third kappa shape index (κ3) is 6.71. The highest BCUT2D eigenvalue weighted by Crippen LogP contribution is 2.14. The second kappa shape index (κ2) is 10.3. The Morgan fingerprint density at radius 2 is 2.00 bits per heavy atom. The van der Waals surface area contributed by atoms with Gasteiger partial charge in [0.15, 0.2) is 0 Å². The van der Waals surface area contributed by atoms with Crippen LogP contribution >= 0.6 is 0 Å². The van der Waals surface area contributed by atoms with E-state index in [-0.39, 0.29) is 5.97 Å². The fraction of sp³-hybridized carbons (Fsp3) is 0.562. The molecule has 1 unspecified atom stereocenters. The number of carbonyl (C=O) groups excluding carboxylic acids is 1. The molecule has 118 valence electrons. The number of hydrogen-bond acceptors (Lipinski definition) is 5. The molecule has 0 saturated heterocycles. The zero-order chi connectivity index (χ0) is 15.5. The number of ether oxygens (including phenoxy) is 2. The van der Waals surface area contributed by atoms with E-state index < -0.39 is 6.04 Å². The average molecular weight is 294 g/mol. The summed E-state index contributed by atoms with van der Waals surface area (Å²) in [6.07, 6.45) is 0. The molecule has 0 fully saturated rings. The van der Waals surface area contributed by atoms with E-state index in [1.54, 1.807) is 7.11 Å². The summed E-state index contributed by atoms with van der Waals surface area (Å²) in [5, 5.41) is 3.27. The monoisotopic (exact) mass is 294 g/mol. The summed E-state index contributed by atoms with van der Waals surface area (Å²) in [6, 6.07) is 9.24. The summed E-state index contributed by atoms with van der Waals surface area (Å²) in [5.74, 6) is -0.233. The Morgan fingerprint density at radius 3 is 2.62 bits per heavy atom. The Labute approximate surface area is 127 Å². The van der Waals surface area contributed by atoms with E-state index in [9.17, 15) is 4.79 Å². The molecule has 0 aliphatic rings. The maximum Gasteiger partial charge on any atom is 0.327 e. The molecule has 1 rings (SSSR count). The van der Waals surface area contributed by atoms with Crippen LogP contribution in [0.3, 0.4) is 0 Å². The van der Waals surface area contributed by atoms with Gasteiger partial charge in [-0.15, -0.1) is 0 Å². The maximum absolute atomic E-state index is 12.1. The van der Waals surface area contributed by atoms with Crippen molar-refractivity contribution in [2.75, 3.05) is 47.0 Å². The highest BCUT2D eigenvalue weighted by atomic mass is 16.5. The molecule has 5 nitrogen and oxygen atoms in total. The van der Waals surface area contributed by atoms with Crippen molar-refractivity contribution in [3.63, 3.8) is 0 Å². The lowest BCUT2D eigenvalue weighted by atomic mass is 10.1. The SMILES string of the molecule is CCOC(=O)C(NCCN(C)CCOC)c1ccccc1. The second-order valence-electron chi connectivity index (χ2n) is 4.85. The first kappa shape index (κ1) is 17.6. The molecule has 0 heterocycles.